The van der Waals surface area contributed by atoms with Crippen LogP contribution < -0.4 is 9.84 Å². The second-order valence-electron chi connectivity index (χ2n) is 9.00. The number of benzene rings is 1. The third-order valence-electron chi connectivity index (χ3n) is 7.62. The molecular formula is C21H26BrNO4. The van der Waals surface area contributed by atoms with Crippen LogP contribution in [0.3, 0.4) is 0 Å². The lowest BCUT2D eigenvalue weighted by Gasteiger charge is -2.64. The molecule has 1 N–H and O–H groups in total. The number of aliphatic hydroxyl groups is 1. The van der Waals surface area contributed by atoms with Crippen molar-refractivity contribution in [1.29, 1.82) is 0 Å². The zero-order valence-electron chi connectivity index (χ0n) is 20.1. The molecule has 6 heteroatoms. The number of rotatable bonds is 2. The van der Waals surface area contributed by atoms with Crippen molar-refractivity contribution in [2.24, 2.45) is 5.92 Å². The largest absolute Gasteiger partial charge is 0.870 e. The first-order chi connectivity index (χ1) is 14.3. The molecule has 5 atom stereocenters. The van der Waals surface area contributed by atoms with Crippen molar-refractivity contribution >= 4 is 22.8 Å². The van der Waals surface area contributed by atoms with E-state index in [2.05, 4.69) is 0 Å². The molecule has 2 aliphatic heterocycles. The SMILES string of the molecule is Br.[2H]c1c([2H])c2c3c(c1[O-])O[C@@]1([2H])C(=O)C([2H])([2H])C[C@]4(O)C(C2)[N+](C)(CC2CC2)CCC314. The van der Waals surface area contributed by atoms with Crippen LogP contribution in [-0.2, 0) is 16.6 Å². The predicted molar refractivity (Wildman–Crippen MR) is 102 cm³/mol. The van der Waals surface area contributed by atoms with Crippen LogP contribution in [-0.4, -0.2) is 53.2 Å². The third-order valence-corrected chi connectivity index (χ3v) is 7.62. The zero-order valence-corrected chi connectivity index (χ0v) is 16.8. The van der Waals surface area contributed by atoms with Gasteiger partial charge in [0.1, 0.15) is 17.4 Å². The maximum atomic E-state index is 13.3. The number of likely N-dealkylation sites (tertiary alicyclic amines) is 1. The molecule has 1 aromatic carbocycles. The van der Waals surface area contributed by atoms with E-state index in [0.29, 0.717) is 22.5 Å². The van der Waals surface area contributed by atoms with Gasteiger partial charge in [-0.15, -0.1) is 17.0 Å². The molecule has 0 aromatic heterocycles. The van der Waals surface area contributed by atoms with E-state index < -0.39 is 53.5 Å². The van der Waals surface area contributed by atoms with Gasteiger partial charge in [-0.2, -0.15) is 0 Å². The summed E-state index contributed by atoms with van der Waals surface area (Å²) in [5.74, 6) is -1.75. The number of ether oxygens (including phenoxy) is 1. The summed E-state index contributed by atoms with van der Waals surface area (Å²) in [4.78, 5) is 13.3. The minimum atomic E-state index is -2.50. The fourth-order valence-corrected chi connectivity index (χ4v) is 6.25. The Morgan fingerprint density at radius 2 is 2.26 bits per heavy atom. The van der Waals surface area contributed by atoms with Crippen molar-refractivity contribution < 1.29 is 31.1 Å². The van der Waals surface area contributed by atoms with E-state index in [1.807, 2.05) is 7.05 Å². The van der Waals surface area contributed by atoms with Crippen molar-refractivity contribution in [3.63, 3.8) is 0 Å². The van der Waals surface area contributed by atoms with Crippen molar-refractivity contribution in [3.8, 4) is 11.5 Å². The number of nitrogens with zero attached hydrogens (tertiary/aromatic N) is 1. The Labute approximate surface area is 176 Å². The topological polar surface area (TPSA) is 69.6 Å². The summed E-state index contributed by atoms with van der Waals surface area (Å²) in [5.41, 5.74) is -2.78. The Morgan fingerprint density at radius 3 is 3.00 bits per heavy atom. The molecule has 5 aliphatic rings. The Morgan fingerprint density at radius 1 is 1.48 bits per heavy atom. The van der Waals surface area contributed by atoms with Crippen molar-refractivity contribution in [2.45, 2.75) is 61.6 Å². The van der Waals surface area contributed by atoms with E-state index in [1.165, 1.54) is 0 Å². The van der Waals surface area contributed by atoms with Crippen LogP contribution in [0.2, 0.25) is 0 Å². The Bertz CT molecular complexity index is 1080. The molecule has 27 heavy (non-hydrogen) atoms. The number of likely N-dealkylation sites (N-methyl/N-ethyl adjacent to an activating group) is 1. The number of hydrogen-bond donors (Lipinski definition) is 1. The molecule has 2 heterocycles. The Balaban J connectivity index is 0.00000216. The van der Waals surface area contributed by atoms with Crippen LogP contribution in [0.4, 0.5) is 0 Å². The first-order valence-electron chi connectivity index (χ1n) is 12.0. The normalized spacial score (nSPS) is 50.8. The molecule has 6 rings (SSSR count). The molecule has 2 saturated carbocycles. The highest BCUT2D eigenvalue weighted by Crippen LogP contribution is 2.65. The lowest BCUT2D eigenvalue weighted by Crippen LogP contribution is -2.80. The number of Topliss-reactive ketones (excluding diaryl/α,β-unsaturated/α-hetero) is 1. The lowest BCUT2D eigenvalue weighted by molar-refractivity contribution is -0.950. The fraction of sp³-hybridized carbons (Fsp3) is 0.667. The highest BCUT2D eigenvalue weighted by atomic mass is 79.9. The van der Waals surface area contributed by atoms with E-state index >= 15 is 0 Å². The molecular weight excluding hydrogens is 410 g/mol. The molecule has 2 bridgehead atoms. The van der Waals surface area contributed by atoms with Gasteiger partial charge in [-0.25, -0.2) is 0 Å². The summed E-state index contributed by atoms with van der Waals surface area (Å²) in [6, 6.07) is -1.33. The zero-order chi connectivity index (χ0) is 22.4. The van der Waals surface area contributed by atoms with Gasteiger partial charge in [0.25, 0.3) is 0 Å². The molecule has 146 valence electrons. The van der Waals surface area contributed by atoms with Gasteiger partial charge in [0.15, 0.2) is 11.9 Å². The van der Waals surface area contributed by atoms with E-state index in [1.54, 1.807) is 0 Å². The standard InChI is InChI=1S/C21H25NO4.BrH/c1-22(11-12-2-3-12)9-8-20-17-13-4-5-14(23)18(17)26-19(20)15(24)6-7-21(20,25)16(22)10-13;/h4-5,12,16,19,25H,2-3,6-11H2,1H3;1H/t16?,19-,20?,21-,22?;/m0./s1/i4D,5D,6D2,19D;. The molecule has 0 amide bonds. The highest BCUT2D eigenvalue weighted by molar-refractivity contribution is 8.93. The van der Waals surface area contributed by atoms with E-state index in [-0.39, 0.29) is 47.2 Å². The minimum absolute atomic E-state index is 0. The number of piperidine rings is 1. The summed E-state index contributed by atoms with van der Waals surface area (Å²) in [6.45, 7) is 1.36. The van der Waals surface area contributed by atoms with Gasteiger partial charge in [0.05, 0.1) is 29.7 Å². The van der Waals surface area contributed by atoms with Crippen LogP contribution in [0, 0.1) is 5.92 Å². The number of carbonyl (C=O) groups is 1. The predicted octanol–water partition coefficient (Wildman–Crippen LogP) is 1.62. The summed E-state index contributed by atoms with van der Waals surface area (Å²) < 4.78 is 48.7. The molecule has 1 spiro atoms. The van der Waals surface area contributed by atoms with Crippen molar-refractivity contribution in [3.05, 3.63) is 23.2 Å². The van der Waals surface area contributed by atoms with Gasteiger partial charge < -0.3 is 19.4 Å². The molecule has 3 aliphatic carbocycles. The van der Waals surface area contributed by atoms with Crippen LogP contribution in [0.25, 0.3) is 0 Å². The molecule has 1 saturated heterocycles. The van der Waals surface area contributed by atoms with Crippen LogP contribution >= 0.6 is 17.0 Å². The van der Waals surface area contributed by atoms with Gasteiger partial charge in [0, 0.05) is 33.4 Å². The molecule has 1 aromatic rings. The molecule has 0 radical (unpaired) electrons. The van der Waals surface area contributed by atoms with Crippen LogP contribution in [0.5, 0.6) is 11.5 Å². The summed E-state index contributed by atoms with van der Waals surface area (Å²) in [5, 5.41) is 25.2. The number of carbonyl (C=O) groups excluding carboxylic acids is 1. The summed E-state index contributed by atoms with van der Waals surface area (Å²) in [7, 11) is 2.03. The van der Waals surface area contributed by atoms with E-state index in [9.17, 15) is 15.0 Å². The lowest BCUT2D eigenvalue weighted by atomic mass is 9.48. The van der Waals surface area contributed by atoms with Gasteiger partial charge in [-0.1, -0.05) is 17.8 Å². The quantitative estimate of drug-likeness (QED) is 0.709. The first kappa shape index (κ1) is 13.2. The number of hydrogen-bond acceptors (Lipinski definition) is 4. The highest BCUT2D eigenvalue weighted by Gasteiger charge is 2.76. The average molecular weight is 441 g/mol. The second kappa shape index (κ2) is 5.28. The van der Waals surface area contributed by atoms with Gasteiger partial charge in [-0.3, -0.25) is 4.79 Å². The number of ketones is 1. The maximum absolute atomic E-state index is 13.3. The second-order valence-corrected chi connectivity index (χ2v) is 9.00. The van der Waals surface area contributed by atoms with E-state index in [0.717, 1.165) is 19.4 Å². The minimum Gasteiger partial charge on any atom is -0.870 e. The molecule has 3 unspecified atom stereocenters. The van der Waals surface area contributed by atoms with Gasteiger partial charge >= 0.3 is 0 Å². The smallest absolute Gasteiger partial charge is 0.174 e. The number of quaternary nitrogens is 1. The fourth-order valence-electron chi connectivity index (χ4n) is 6.25. The van der Waals surface area contributed by atoms with E-state index in [4.69, 9.17) is 11.6 Å². The van der Waals surface area contributed by atoms with Crippen LogP contribution in [0.15, 0.2) is 12.1 Å². The van der Waals surface area contributed by atoms with Gasteiger partial charge in [0.2, 0.25) is 0 Å². The van der Waals surface area contributed by atoms with Crippen molar-refractivity contribution in [2.75, 3.05) is 20.1 Å². The maximum Gasteiger partial charge on any atom is 0.174 e. The first-order valence-corrected chi connectivity index (χ1v) is 9.46. The monoisotopic (exact) mass is 440 g/mol. The van der Waals surface area contributed by atoms with Gasteiger partial charge in [-0.05, 0) is 24.8 Å². The molecule has 3 fully saturated rings. The third kappa shape index (κ3) is 1.94. The average Bonchev–Trinajstić information content (AvgIpc) is 3.43. The summed E-state index contributed by atoms with van der Waals surface area (Å²) >= 11 is 0. The number of halogens is 1. The van der Waals surface area contributed by atoms with Crippen LogP contribution in [0.1, 0.15) is 50.0 Å². The summed E-state index contributed by atoms with van der Waals surface area (Å²) in [6.07, 6.45) is -2.86. The Kier molecular flexibility index (Phi) is 2.57. The Hall–Kier alpha value is -1.11. The molecule has 5 nitrogen and oxygen atoms in total. The van der Waals surface area contributed by atoms with Crippen molar-refractivity contribution in [1.82, 2.24) is 0 Å².